The first kappa shape index (κ1) is 13.8. The van der Waals surface area contributed by atoms with Crippen molar-refractivity contribution < 1.29 is 23.1 Å². The summed E-state index contributed by atoms with van der Waals surface area (Å²) in [5.74, 6) is -1.58. The molecule has 1 aromatic rings. The van der Waals surface area contributed by atoms with Gasteiger partial charge in [-0.2, -0.15) is 5.26 Å². The maximum absolute atomic E-state index is 11.3. The lowest BCUT2D eigenvalue weighted by atomic mass is 10.3. The Morgan fingerprint density at radius 3 is 2.83 bits per heavy atom. The van der Waals surface area contributed by atoms with Crippen LogP contribution in [0.3, 0.4) is 0 Å². The lowest BCUT2D eigenvalue weighted by Gasteiger charge is -2.07. The van der Waals surface area contributed by atoms with Crippen molar-refractivity contribution in [3.63, 3.8) is 0 Å². The third-order valence-electron chi connectivity index (χ3n) is 1.72. The standard InChI is InChI=1S/C10H10N2O5S/c11-4-5-18(15,16)12-8-2-1-3-9(6-8)17-7-10(13)14/h1-3,6,12H,5,7H2,(H,13,14). The summed E-state index contributed by atoms with van der Waals surface area (Å²) in [7, 11) is -3.72. The number of carbonyl (C=O) groups is 1. The Morgan fingerprint density at radius 1 is 1.50 bits per heavy atom. The number of nitrogens with one attached hydrogen (secondary N) is 1. The van der Waals surface area contributed by atoms with Crippen LogP contribution in [0.25, 0.3) is 0 Å². The van der Waals surface area contributed by atoms with Crippen LogP contribution in [0.5, 0.6) is 5.75 Å². The van der Waals surface area contributed by atoms with E-state index >= 15 is 0 Å². The number of nitriles is 1. The van der Waals surface area contributed by atoms with Crippen molar-refractivity contribution >= 4 is 21.7 Å². The summed E-state index contributed by atoms with van der Waals surface area (Å²) in [6.45, 7) is -0.519. The van der Waals surface area contributed by atoms with E-state index in [0.717, 1.165) is 0 Å². The number of hydrogen-bond acceptors (Lipinski definition) is 5. The van der Waals surface area contributed by atoms with E-state index in [9.17, 15) is 13.2 Å². The quantitative estimate of drug-likeness (QED) is 0.773. The van der Waals surface area contributed by atoms with Crippen molar-refractivity contribution in [2.45, 2.75) is 0 Å². The summed E-state index contributed by atoms with van der Waals surface area (Å²) < 4.78 is 29.7. The van der Waals surface area contributed by atoms with Crippen LogP contribution in [0.1, 0.15) is 0 Å². The summed E-state index contributed by atoms with van der Waals surface area (Å²) in [6, 6.07) is 7.31. The summed E-state index contributed by atoms with van der Waals surface area (Å²) >= 11 is 0. The van der Waals surface area contributed by atoms with Crippen molar-refractivity contribution in [1.82, 2.24) is 0 Å². The number of sulfonamides is 1. The van der Waals surface area contributed by atoms with Gasteiger partial charge in [0.25, 0.3) is 0 Å². The van der Waals surface area contributed by atoms with Gasteiger partial charge in [0.2, 0.25) is 10.0 Å². The van der Waals surface area contributed by atoms with E-state index in [4.69, 9.17) is 15.1 Å². The highest BCUT2D eigenvalue weighted by Crippen LogP contribution is 2.18. The number of benzene rings is 1. The molecule has 0 aliphatic carbocycles. The molecule has 0 spiro atoms. The normalized spacial score (nSPS) is 10.4. The fourth-order valence-corrected chi connectivity index (χ4v) is 1.82. The van der Waals surface area contributed by atoms with Crippen LogP contribution in [0.15, 0.2) is 24.3 Å². The predicted octanol–water partition coefficient (Wildman–Crippen LogP) is 0.415. The molecule has 8 heteroatoms. The van der Waals surface area contributed by atoms with Gasteiger partial charge in [0.05, 0.1) is 11.8 Å². The van der Waals surface area contributed by atoms with Crippen molar-refractivity contribution in [2.24, 2.45) is 0 Å². The molecule has 18 heavy (non-hydrogen) atoms. The van der Waals surface area contributed by atoms with Gasteiger partial charge in [-0.15, -0.1) is 0 Å². The molecule has 7 nitrogen and oxygen atoms in total. The van der Waals surface area contributed by atoms with Gasteiger partial charge in [-0.3, -0.25) is 4.72 Å². The number of nitrogens with zero attached hydrogens (tertiary/aromatic N) is 1. The van der Waals surface area contributed by atoms with Crippen LogP contribution in [-0.2, 0) is 14.8 Å². The Balaban J connectivity index is 2.77. The maximum atomic E-state index is 11.3. The second-order valence-electron chi connectivity index (χ2n) is 3.23. The van der Waals surface area contributed by atoms with E-state index in [1.165, 1.54) is 30.3 Å². The fourth-order valence-electron chi connectivity index (χ4n) is 1.10. The SMILES string of the molecule is N#CCS(=O)(=O)Nc1cccc(OCC(=O)O)c1. The third kappa shape index (κ3) is 4.71. The summed E-state index contributed by atoms with van der Waals surface area (Å²) in [5, 5.41) is 16.7. The van der Waals surface area contributed by atoms with Gasteiger partial charge in [0.15, 0.2) is 12.4 Å². The van der Waals surface area contributed by atoms with Crippen molar-refractivity contribution in [1.29, 1.82) is 5.26 Å². The molecule has 0 unspecified atom stereocenters. The molecule has 0 aromatic heterocycles. The summed E-state index contributed by atoms with van der Waals surface area (Å²) in [4.78, 5) is 10.3. The molecule has 0 radical (unpaired) electrons. The molecule has 0 saturated heterocycles. The predicted molar refractivity (Wildman–Crippen MR) is 62.6 cm³/mol. The van der Waals surface area contributed by atoms with Crippen molar-refractivity contribution in [3.8, 4) is 11.8 Å². The third-order valence-corrected chi connectivity index (χ3v) is 2.78. The van der Waals surface area contributed by atoms with Crippen LogP contribution in [-0.4, -0.2) is 31.9 Å². The van der Waals surface area contributed by atoms with Gasteiger partial charge < -0.3 is 9.84 Å². The van der Waals surface area contributed by atoms with Crippen LogP contribution in [0.2, 0.25) is 0 Å². The van der Waals surface area contributed by atoms with Crippen molar-refractivity contribution in [2.75, 3.05) is 17.1 Å². The zero-order valence-corrected chi connectivity index (χ0v) is 9.98. The molecule has 1 aromatic carbocycles. The Kier molecular flexibility index (Phi) is 4.51. The molecule has 0 fully saturated rings. The molecule has 0 bridgehead atoms. The van der Waals surface area contributed by atoms with Crippen LogP contribution < -0.4 is 9.46 Å². The second kappa shape index (κ2) is 5.88. The number of anilines is 1. The molecule has 0 atom stereocenters. The Labute approximate surface area is 104 Å². The van der Waals surface area contributed by atoms with E-state index in [1.54, 1.807) is 0 Å². The zero-order chi connectivity index (χ0) is 13.6. The van der Waals surface area contributed by atoms with Crippen LogP contribution in [0.4, 0.5) is 5.69 Å². The Hall–Kier alpha value is -2.27. The number of aliphatic carboxylic acids is 1. The van der Waals surface area contributed by atoms with E-state index in [0.29, 0.717) is 0 Å². The topological polar surface area (TPSA) is 116 Å². The lowest BCUT2D eigenvalue weighted by Crippen LogP contribution is -2.15. The van der Waals surface area contributed by atoms with E-state index in [-0.39, 0.29) is 11.4 Å². The van der Waals surface area contributed by atoms with E-state index in [2.05, 4.69) is 4.72 Å². The van der Waals surface area contributed by atoms with Crippen LogP contribution in [0, 0.1) is 11.3 Å². The van der Waals surface area contributed by atoms with Crippen molar-refractivity contribution in [3.05, 3.63) is 24.3 Å². The van der Waals surface area contributed by atoms with Gasteiger partial charge in [0.1, 0.15) is 5.75 Å². The van der Waals surface area contributed by atoms with Gasteiger partial charge in [-0.05, 0) is 12.1 Å². The number of hydrogen-bond donors (Lipinski definition) is 2. The minimum atomic E-state index is -3.72. The largest absolute Gasteiger partial charge is 0.482 e. The van der Waals surface area contributed by atoms with E-state index < -0.39 is 28.4 Å². The summed E-state index contributed by atoms with van der Waals surface area (Å²) in [5.41, 5.74) is 0.202. The second-order valence-corrected chi connectivity index (χ2v) is 4.95. The fraction of sp³-hybridized carbons (Fsp3) is 0.200. The molecule has 2 N–H and O–H groups in total. The average Bonchev–Trinajstić information content (AvgIpc) is 2.26. The minimum absolute atomic E-state index is 0.202. The highest BCUT2D eigenvalue weighted by atomic mass is 32.2. The maximum Gasteiger partial charge on any atom is 0.341 e. The molecular weight excluding hydrogens is 260 g/mol. The molecule has 0 aliphatic rings. The van der Waals surface area contributed by atoms with Gasteiger partial charge >= 0.3 is 5.97 Å². The first-order chi connectivity index (χ1) is 8.43. The minimum Gasteiger partial charge on any atom is -0.482 e. The zero-order valence-electron chi connectivity index (χ0n) is 9.16. The molecule has 1 rings (SSSR count). The Morgan fingerprint density at radius 2 is 2.22 bits per heavy atom. The van der Waals surface area contributed by atoms with Crippen LogP contribution >= 0.6 is 0 Å². The number of rotatable bonds is 6. The smallest absolute Gasteiger partial charge is 0.341 e. The van der Waals surface area contributed by atoms with E-state index in [1.807, 2.05) is 0 Å². The number of ether oxygens (including phenoxy) is 1. The highest BCUT2D eigenvalue weighted by Gasteiger charge is 2.10. The lowest BCUT2D eigenvalue weighted by molar-refractivity contribution is -0.139. The number of carboxylic acids is 1. The molecular formula is C10H10N2O5S. The molecule has 96 valence electrons. The monoisotopic (exact) mass is 270 g/mol. The van der Waals surface area contributed by atoms with Gasteiger partial charge in [0, 0.05) is 6.07 Å². The Bertz CT molecular complexity index is 576. The van der Waals surface area contributed by atoms with Gasteiger partial charge in [-0.1, -0.05) is 6.07 Å². The number of carboxylic acid groups (broad SMARTS) is 1. The first-order valence-electron chi connectivity index (χ1n) is 4.75. The molecule has 0 heterocycles. The first-order valence-corrected chi connectivity index (χ1v) is 6.40. The molecule has 0 aliphatic heterocycles. The highest BCUT2D eigenvalue weighted by molar-refractivity contribution is 7.92. The summed E-state index contributed by atoms with van der Waals surface area (Å²) in [6.07, 6.45) is 0. The average molecular weight is 270 g/mol. The molecule has 0 saturated carbocycles. The van der Waals surface area contributed by atoms with Gasteiger partial charge in [-0.25, -0.2) is 13.2 Å². The molecule has 0 amide bonds.